The normalized spacial score (nSPS) is 14.0. The number of hydrogen-bond acceptors (Lipinski definition) is 5. The van der Waals surface area contributed by atoms with Gasteiger partial charge in [0.1, 0.15) is 0 Å². The van der Waals surface area contributed by atoms with Gasteiger partial charge in [-0.25, -0.2) is 0 Å². The first-order valence-electron chi connectivity index (χ1n) is 7.68. The Hall–Kier alpha value is -3.26. The third-order valence-electron chi connectivity index (χ3n) is 4.49. The zero-order valence-corrected chi connectivity index (χ0v) is 13.3. The van der Waals surface area contributed by atoms with Gasteiger partial charge in [-0.3, -0.25) is 24.6 Å². The minimum Gasteiger partial charge on any atom is -0.316 e. The Morgan fingerprint density at radius 3 is 2.36 bits per heavy atom. The predicted molar refractivity (Wildman–Crippen MR) is 92.5 cm³/mol. The molecular weight excluding hydrogens is 324 g/mol. The fraction of sp³-hybridized carbons (Fsp3) is 0.176. The van der Waals surface area contributed by atoms with E-state index < -0.39 is 16.0 Å². The third-order valence-corrected chi connectivity index (χ3v) is 4.49. The molecule has 0 unspecified atom stereocenters. The molecule has 4 rings (SSSR count). The number of non-ortho nitro benzene ring substituents is 1. The van der Waals surface area contributed by atoms with E-state index in [9.17, 15) is 19.7 Å². The molecule has 8 nitrogen and oxygen atoms in total. The van der Waals surface area contributed by atoms with E-state index in [1.54, 1.807) is 12.1 Å². The van der Waals surface area contributed by atoms with Crippen molar-refractivity contribution < 1.29 is 4.92 Å². The monoisotopic (exact) mass is 338 g/mol. The van der Waals surface area contributed by atoms with E-state index >= 15 is 0 Å². The van der Waals surface area contributed by atoms with Crippen molar-refractivity contribution in [3.8, 4) is 11.1 Å². The smallest absolute Gasteiger partial charge is 0.314 e. The van der Waals surface area contributed by atoms with Gasteiger partial charge in [0.25, 0.3) is 5.69 Å². The van der Waals surface area contributed by atoms with Crippen molar-refractivity contribution in [1.82, 2.24) is 14.9 Å². The molecule has 25 heavy (non-hydrogen) atoms. The second-order valence-corrected chi connectivity index (χ2v) is 6.19. The van der Waals surface area contributed by atoms with Crippen molar-refractivity contribution in [3.05, 3.63) is 72.3 Å². The molecule has 1 aliphatic heterocycles. The molecule has 2 N–H and O–H groups in total. The summed E-state index contributed by atoms with van der Waals surface area (Å²) in [5.74, 6) is 0. The Kier molecular flexibility index (Phi) is 3.29. The molecule has 8 heteroatoms. The second kappa shape index (κ2) is 5.38. The van der Waals surface area contributed by atoms with Crippen LogP contribution in [0.5, 0.6) is 0 Å². The summed E-state index contributed by atoms with van der Waals surface area (Å²) in [5.41, 5.74) is 3.56. The van der Waals surface area contributed by atoms with E-state index in [1.807, 2.05) is 13.1 Å². The lowest BCUT2D eigenvalue weighted by atomic mass is 9.95. The molecule has 0 aliphatic carbocycles. The molecule has 0 fully saturated rings. The molecule has 1 aromatic heterocycles. The fourth-order valence-electron chi connectivity index (χ4n) is 3.34. The van der Waals surface area contributed by atoms with Crippen LogP contribution in [0, 0.1) is 10.1 Å². The number of hydrogen-bond donors (Lipinski definition) is 2. The Bertz CT molecular complexity index is 1130. The Morgan fingerprint density at radius 2 is 1.68 bits per heavy atom. The summed E-state index contributed by atoms with van der Waals surface area (Å²) in [5, 5.41) is 10.8. The molecule has 0 spiro atoms. The maximum Gasteiger partial charge on any atom is 0.314 e. The van der Waals surface area contributed by atoms with Crippen LogP contribution in [0.4, 0.5) is 5.69 Å². The molecule has 0 saturated carbocycles. The van der Waals surface area contributed by atoms with E-state index in [-0.39, 0.29) is 5.69 Å². The van der Waals surface area contributed by atoms with Gasteiger partial charge in [0.2, 0.25) is 0 Å². The molecule has 0 saturated heterocycles. The van der Waals surface area contributed by atoms with Crippen LogP contribution < -0.4 is 11.1 Å². The van der Waals surface area contributed by atoms with Crippen LogP contribution in [-0.4, -0.2) is 26.8 Å². The summed E-state index contributed by atoms with van der Waals surface area (Å²) in [7, 11) is 1.97. The number of aromatic amines is 2. The van der Waals surface area contributed by atoms with Crippen LogP contribution in [0.2, 0.25) is 0 Å². The lowest BCUT2D eigenvalue weighted by Gasteiger charge is -2.11. The molecule has 0 atom stereocenters. The molecule has 2 heterocycles. The van der Waals surface area contributed by atoms with Crippen LogP contribution in [-0.2, 0) is 13.1 Å². The van der Waals surface area contributed by atoms with Gasteiger partial charge in [0.15, 0.2) is 0 Å². The summed E-state index contributed by atoms with van der Waals surface area (Å²) in [6.45, 7) is 1.34. The molecule has 0 bridgehead atoms. The molecular formula is C17H14N4O4. The standard InChI is InChI=1S/C17H14N4O4/c1-20-7-12-11(9-2-4-10(5-3-9)21(24)25)6-14-15(13(12)8-20)19-17(23)16(22)18-14/h2-6H,7-8H2,1H3,(H,18,22)(H,19,23). The van der Waals surface area contributed by atoms with Gasteiger partial charge in [0.05, 0.1) is 16.0 Å². The van der Waals surface area contributed by atoms with E-state index in [0.29, 0.717) is 24.1 Å². The molecule has 0 radical (unpaired) electrons. The summed E-state index contributed by atoms with van der Waals surface area (Å²) in [4.78, 5) is 41.2. The maximum absolute atomic E-state index is 11.7. The van der Waals surface area contributed by atoms with Crippen molar-refractivity contribution in [1.29, 1.82) is 0 Å². The highest BCUT2D eigenvalue weighted by Gasteiger charge is 2.24. The molecule has 2 aromatic carbocycles. The summed E-state index contributed by atoms with van der Waals surface area (Å²) in [6.07, 6.45) is 0. The van der Waals surface area contributed by atoms with Crippen molar-refractivity contribution in [2.45, 2.75) is 13.1 Å². The molecule has 0 amide bonds. The second-order valence-electron chi connectivity index (χ2n) is 6.19. The van der Waals surface area contributed by atoms with Gasteiger partial charge in [-0.2, -0.15) is 0 Å². The maximum atomic E-state index is 11.7. The third kappa shape index (κ3) is 2.43. The summed E-state index contributed by atoms with van der Waals surface area (Å²) < 4.78 is 0. The zero-order valence-electron chi connectivity index (χ0n) is 13.3. The van der Waals surface area contributed by atoms with Gasteiger partial charge in [-0.05, 0) is 47.5 Å². The van der Waals surface area contributed by atoms with Crippen molar-refractivity contribution >= 4 is 16.7 Å². The number of fused-ring (bicyclic) bond motifs is 3. The van der Waals surface area contributed by atoms with Crippen LogP contribution in [0.15, 0.2) is 39.9 Å². The lowest BCUT2D eigenvalue weighted by molar-refractivity contribution is -0.384. The van der Waals surface area contributed by atoms with Crippen LogP contribution in [0.3, 0.4) is 0 Å². The summed E-state index contributed by atoms with van der Waals surface area (Å²) in [6, 6.07) is 8.12. The van der Waals surface area contributed by atoms with Gasteiger partial charge in [-0.1, -0.05) is 0 Å². The van der Waals surface area contributed by atoms with Gasteiger partial charge >= 0.3 is 11.1 Å². The number of aromatic nitrogens is 2. The number of nitrogens with one attached hydrogen (secondary N) is 2. The Labute approximate surface area is 140 Å². The number of nitro groups is 1. The fourth-order valence-corrected chi connectivity index (χ4v) is 3.34. The van der Waals surface area contributed by atoms with Gasteiger partial charge < -0.3 is 9.97 Å². The number of H-pyrrole nitrogens is 2. The predicted octanol–water partition coefficient (Wildman–Crippen LogP) is 1.74. The quantitative estimate of drug-likeness (QED) is 0.420. The number of nitrogens with zero attached hydrogens (tertiary/aromatic N) is 2. The SMILES string of the molecule is CN1Cc2c(-c3ccc([N+](=O)[O-])cc3)cc3[nH]c(=O)c(=O)[nH]c3c2C1. The Balaban J connectivity index is 2.00. The van der Waals surface area contributed by atoms with Gasteiger partial charge in [0, 0.05) is 25.2 Å². The average Bonchev–Trinajstić information content (AvgIpc) is 2.97. The van der Waals surface area contributed by atoms with Crippen LogP contribution in [0.25, 0.3) is 22.2 Å². The minimum atomic E-state index is -0.701. The largest absolute Gasteiger partial charge is 0.316 e. The number of nitro benzene ring substituents is 1. The first kappa shape index (κ1) is 15.3. The topological polar surface area (TPSA) is 112 Å². The molecule has 3 aromatic rings. The highest BCUT2D eigenvalue weighted by atomic mass is 16.6. The lowest BCUT2D eigenvalue weighted by Crippen LogP contribution is -2.29. The highest BCUT2D eigenvalue weighted by molar-refractivity contribution is 5.87. The van der Waals surface area contributed by atoms with E-state index in [4.69, 9.17) is 0 Å². The van der Waals surface area contributed by atoms with Crippen LogP contribution in [0.1, 0.15) is 11.1 Å². The van der Waals surface area contributed by atoms with Crippen molar-refractivity contribution in [3.63, 3.8) is 0 Å². The van der Waals surface area contributed by atoms with Crippen molar-refractivity contribution in [2.75, 3.05) is 7.05 Å². The van der Waals surface area contributed by atoms with Crippen LogP contribution >= 0.6 is 0 Å². The summed E-state index contributed by atoms with van der Waals surface area (Å²) >= 11 is 0. The number of rotatable bonds is 2. The average molecular weight is 338 g/mol. The van der Waals surface area contributed by atoms with Crippen molar-refractivity contribution in [2.24, 2.45) is 0 Å². The van der Waals surface area contributed by atoms with E-state index in [2.05, 4.69) is 14.9 Å². The Morgan fingerprint density at radius 1 is 1.04 bits per heavy atom. The highest BCUT2D eigenvalue weighted by Crippen LogP contribution is 2.36. The zero-order chi connectivity index (χ0) is 17.7. The van der Waals surface area contributed by atoms with E-state index in [0.717, 1.165) is 22.3 Å². The first-order valence-corrected chi connectivity index (χ1v) is 7.68. The first-order chi connectivity index (χ1) is 11.9. The minimum absolute atomic E-state index is 0.0241. The van der Waals surface area contributed by atoms with E-state index in [1.165, 1.54) is 12.1 Å². The number of benzene rings is 2. The molecule has 126 valence electrons. The molecule has 1 aliphatic rings. The van der Waals surface area contributed by atoms with Gasteiger partial charge in [-0.15, -0.1) is 0 Å².